The first-order valence-electron chi connectivity index (χ1n) is 5.79. The molecule has 1 heterocycles. The van der Waals surface area contributed by atoms with Crippen molar-refractivity contribution < 1.29 is 9.53 Å². The maximum atomic E-state index is 11.3. The summed E-state index contributed by atoms with van der Waals surface area (Å²) >= 11 is 0. The molecule has 1 aliphatic heterocycles. The van der Waals surface area contributed by atoms with Gasteiger partial charge in [-0.25, -0.2) is 0 Å². The predicted octanol–water partition coefficient (Wildman–Crippen LogP) is 1.78. The number of hydrogen-bond donors (Lipinski definition) is 1. The van der Waals surface area contributed by atoms with E-state index in [2.05, 4.69) is 0 Å². The lowest BCUT2D eigenvalue weighted by atomic mass is 10.1. The maximum Gasteiger partial charge on any atom is 0.307 e. The predicted molar refractivity (Wildman–Crippen MR) is 64.9 cm³/mol. The molecule has 0 bridgehead atoms. The van der Waals surface area contributed by atoms with Crippen molar-refractivity contribution in [2.24, 2.45) is 0 Å². The first kappa shape index (κ1) is 11.6. The quantitative estimate of drug-likeness (QED) is 0.805. The minimum atomic E-state index is -0.198. The second kappa shape index (κ2) is 4.99. The molecular weight excluding hydrogens is 216 g/mol. The van der Waals surface area contributed by atoms with Gasteiger partial charge in [0, 0.05) is 18.7 Å². The van der Waals surface area contributed by atoms with Crippen LogP contribution in [0, 0.1) is 5.41 Å². The summed E-state index contributed by atoms with van der Waals surface area (Å²) < 4.78 is 4.88. The molecule has 2 rings (SSSR count). The van der Waals surface area contributed by atoms with Gasteiger partial charge in [-0.2, -0.15) is 0 Å². The summed E-state index contributed by atoms with van der Waals surface area (Å²) in [6, 6.07) is 7.87. The highest BCUT2D eigenvalue weighted by Gasteiger charge is 2.23. The van der Waals surface area contributed by atoms with Crippen molar-refractivity contribution in [1.29, 1.82) is 5.41 Å². The molecule has 0 saturated carbocycles. The van der Waals surface area contributed by atoms with E-state index in [9.17, 15) is 4.79 Å². The number of benzene rings is 1. The molecule has 0 fully saturated rings. The Bertz CT molecular complexity index is 443. The van der Waals surface area contributed by atoms with Crippen LogP contribution in [0.3, 0.4) is 0 Å². The molecule has 1 aliphatic rings. The maximum absolute atomic E-state index is 11.3. The molecule has 0 aliphatic carbocycles. The monoisotopic (exact) mass is 232 g/mol. The van der Waals surface area contributed by atoms with E-state index in [1.54, 1.807) is 6.92 Å². The lowest BCUT2D eigenvalue weighted by Crippen LogP contribution is -2.27. The zero-order chi connectivity index (χ0) is 12.3. The second-order valence-corrected chi connectivity index (χ2v) is 3.98. The van der Waals surface area contributed by atoms with Gasteiger partial charge in [0.25, 0.3) is 0 Å². The molecule has 0 saturated heterocycles. The summed E-state index contributed by atoms with van der Waals surface area (Å²) in [6.07, 6.45) is 0.338. The Morgan fingerprint density at radius 1 is 1.47 bits per heavy atom. The number of nitrogens with one attached hydrogen (secondary N) is 1. The van der Waals surface area contributed by atoms with Crippen molar-refractivity contribution in [2.75, 3.05) is 13.2 Å². The van der Waals surface area contributed by atoms with Crippen molar-refractivity contribution >= 4 is 11.8 Å². The zero-order valence-electron chi connectivity index (χ0n) is 9.90. The Morgan fingerprint density at radius 3 is 2.94 bits per heavy atom. The molecule has 0 spiro atoms. The molecule has 90 valence electrons. The third kappa shape index (κ3) is 2.46. The highest BCUT2D eigenvalue weighted by Crippen LogP contribution is 2.22. The standard InChI is InChI=1S/C13H16N2O2/c1-2-17-12(16)7-8-15-9-10-5-3-4-6-11(10)13(15)14/h3-6,14H,2,7-9H2,1H3. The number of rotatable bonds is 4. The molecule has 17 heavy (non-hydrogen) atoms. The van der Waals surface area contributed by atoms with E-state index in [1.165, 1.54) is 0 Å². The molecular formula is C13H16N2O2. The van der Waals surface area contributed by atoms with Crippen molar-refractivity contribution in [3.63, 3.8) is 0 Å². The summed E-state index contributed by atoms with van der Waals surface area (Å²) in [4.78, 5) is 13.2. The molecule has 4 heteroatoms. The number of esters is 1. The third-order valence-electron chi connectivity index (χ3n) is 2.84. The Morgan fingerprint density at radius 2 is 2.24 bits per heavy atom. The van der Waals surface area contributed by atoms with Crippen molar-refractivity contribution in [1.82, 2.24) is 4.90 Å². The van der Waals surface area contributed by atoms with Gasteiger partial charge in [-0.15, -0.1) is 0 Å². The molecule has 0 aromatic heterocycles. The fourth-order valence-electron chi connectivity index (χ4n) is 1.99. The molecule has 0 atom stereocenters. The fourth-order valence-corrected chi connectivity index (χ4v) is 1.99. The number of hydrogen-bond acceptors (Lipinski definition) is 3. The van der Waals surface area contributed by atoms with Crippen LogP contribution in [-0.2, 0) is 16.1 Å². The van der Waals surface area contributed by atoms with Crippen LogP contribution in [0.5, 0.6) is 0 Å². The van der Waals surface area contributed by atoms with Crippen LogP contribution < -0.4 is 0 Å². The van der Waals surface area contributed by atoms with E-state index in [0.717, 1.165) is 11.1 Å². The topological polar surface area (TPSA) is 53.4 Å². The van der Waals surface area contributed by atoms with E-state index in [0.29, 0.717) is 32.0 Å². The number of carbonyl (C=O) groups excluding carboxylic acids is 1. The van der Waals surface area contributed by atoms with Gasteiger partial charge in [-0.05, 0) is 12.5 Å². The SMILES string of the molecule is CCOC(=O)CCN1Cc2ccccc2C1=N. The second-order valence-electron chi connectivity index (χ2n) is 3.98. The number of fused-ring (bicyclic) bond motifs is 1. The van der Waals surface area contributed by atoms with Gasteiger partial charge in [0.15, 0.2) is 0 Å². The molecule has 1 aromatic carbocycles. The summed E-state index contributed by atoms with van der Waals surface area (Å²) in [5, 5.41) is 8.01. The van der Waals surface area contributed by atoms with Crippen LogP contribution in [0.15, 0.2) is 24.3 Å². The van der Waals surface area contributed by atoms with Crippen molar-refractivity contribution in [3.05, 3.63) is 35.4 Å². The highest BCUT2D eigenvalue weighted by molar-refractivity contribution is 6.00. The van der Waals surface area contributed by atoms with Crippen LogP contribution in [0.4, 0.5) is 0 Å². The van der Waals surface area contributed by atoms with Gasteiger partial charge in [0.05, 0.1) is 13.0 Å². The largest absolute Gasteiger partial charge is 0.466 e. The molecule has 4 nitrogen and oxygen atoms in total. The summed E-state index contributed by atoms with van der Waals surface area (Å²) in [7, 11) is 0. The zero-order valence-corrected chi connectivity index (χ0v) is 9.90. The van der Waals surface area contributed by atoms with Crippen LogP contribution in [0.25, 0.3) is 0 Å². The molecule has 0 radical (unpaired) electrons. The summed E-state index contributed by atoms with van der Waals surface area (Å²) in [5.74, 6) is 0.307. The van der Waals surface area contributed by atoms with Crippen LogP contribution in [0.1, 0.15) is 24.5 Å². The Balaban J connectivity index is 1.94. The van der Waals surface area contributed by atoms with E-state index < -0.39 is 0 Å². The van der Waals surface area contributed by atoms with Crippen molar-refractivity contribution in [2.45, 2.75) is 19.9 Å². The Kier molecular flexibility index (Phi) is 3.42. The normalized spacial score (nSPS) is 13.7. The molecule has 1 N–H and O–H groups in total. The van der Waals surface area contributed by atoms with Gasteiger partial charge in [-0.1, -0.05) is 24.3 Å². The molecule has 0 amide bonds. The fraction of sp³-hybridized carbons (Fsp3) is 0.385. The number of nitrogens with zero attached hydrogens (tertiary/aromatic N) is 1. The van der Waals surface area contributed by atoms with Gasteiger partial charge in [0.1, 0.15) is 5.84 Å². The van der Waals surface area contributed by atoms with E-state index in [-0.39, 0.29) is 5.97 Å². The molecule has 0 unspecified atom stereocenters. The summed E-state index contributed by atoms with van der Waals surface area (Å²) in [5.41, 5.74) is 2.12. The highest BCUT2D eigenvalue weighted by atomic mass is 16.5. The lowest BCUT2D eigenvalue weighted by molar-refractivity contribution is -0.143. The van der Waals surface area contributed by atoms with Gasteiger partial charge in [-0.3, -0.25) is 10.2 Å². The minimum absolute atomic E-state index is 0.198. The third-order valence-corrected chi connectivity index (χ3v) is 2.84. The van der Waals surface area contributed by atoms with Gasteiger partial charge in [0.2, 0.25) is 0 Å². The van der Waals surface area contributed by atoms with Crippen molar-refractivity contribution in [3.8, 4) is 0 Å². The van der Waals surface area contributed by atoms with Crippen LogP contribution >= 0.6 is 0 Å². The first-order chi connectivity index (χ1) is 8.22. The van der Waals surface area contributed by atoms with Crippen LogP contribution in [-0.4, -0.2) is 29.9 Å². The number of amidine groups is 1. The van der Waals surface area contributed by atoms with Gasteiger partial charge < -0.3 is 9.64 Å². The first-order valence-corrected chi connectivity index (χ1v) is 5.79. The van der Waals surface area contributed by atoms with Gasteiger partial charge >= 0.3 is 5.97 Å². The molecule has 1 aromatic rings. The average molecular weight is 232 g/mol. The average Bonchev–Trinajstić information content (AvgIpc) is 2.65. The lowest BCUT2D eigenvalue weighted by Gasteiger charge is -2.16. The smallest absolute Gasteiger partial charge is 0.307 e. The van der Waals surface area contributed by atoms with E-state index >= 15 is 0 Å². The Labute approximate surface area is 101 Å². The van der Waals surface area contributed by atoms with E-state index in [4.69, 9.17) is 10.1 Å². The van der Waals surface area contributed by atoms with E-state index in [1.807, 2.05) is 29.2 Å². The Hall–Kier alpha value is -1.84. The number of carbonyl (C=O) groups is 1. The number of ether oxygens (including phenoxy) is 1. The minimum Gasteiger partial charge on any atom is -0.466 e. The van der Waals surface area contributed by atoms with Crippen LogP contribution in [0.2, 0.25) is 0 Å². The summed E-state index contributed by atoms with van der Waals surface area (Å²) in [6.45, 7) is 3.48.